The van der Waals surface area contributed by atoms with Crippen molar-refractivity contribution in [2.75, 3.05) is 6.54 Å². The summed E-state index contributed by atoms with van der Waals surface area (Å²) in [5, 5.41) is 8.10. The van der Waals surface area contributed by atoms with E-state index in [0.29, 0.717) is 11.5 Å². The first-order valence-corrected chi connectivity index (χ1v) is 7.73. The van der Waals surface area contributed by atoms with Gasteiger partial charge in [-0.2, -0.15) is 5.10 Å². The van der Waals surface area contributed by atoms with E-state index in [1.54, 1.807) is 0 Å². The fraction of sp³-hybridized carbons (Fsp3) is 0.812. The second kappa shape index (κ2) is 7.68. The van der Waals surface area contributed by atoms with Gasteiger partial charge < -0.3 is 5.32 Å². The van der Waals surface area contributed by atoms with Crippen LogP contribution in [0.15, 0.2) is 12.3 Å². The molecule has 0 radical (unpaired) electrons. The number of nitrogens with zero attached hydrogens (tertiary/aromatic N) is 2. The summed E-state index contributed by atoms with van der Waals surface area (Å²) in [4.78, 5) is 0. The smallest absolute Gasteiger partial charge is 0.0492 e. The minimum Gasteiger partial charge on any atom is -0.313 e. The molecule has 0 aliphatic heterocycles. The Balaban J connectivity index is 2.57. The fourth-order valence-corrected chi connectivity index (χ4v) is 2.44. The summed E-state index contributed by atoms with van der Waals surface area (Å²) in [6.45, 7) is 13.5. The molecule has 1 unspecified atom stereocenters. The Morgan fingerprint density at radius 1 is 1.26 bits per heavy atom. The van der Waals surface area contributed by atoms with Crippen molar-refractivity contribution < 1.29 is 0 Å². The number of aryl methyl sites for hydroxylation is 2. The Morgan fingerprint density at radius 3 is 2.58 bits per heavy atom. The van der Waals surface area contributed by atoms with E-state index >= 15 is 0 Å². The summed E-state index contributed by atoms with van der Waals surface area (Å²) in [5.41, 5.74) is 1.68. The van der Waals surface area contributed by atoms with Crippen LogP contribution in [0.2, 0.25) is 0 Å². The number of aromatic nitrogens is 2. The minimum atomic E-state index is 0.310. The van der Waals surface area contributed by atoms with Gasteiger partial charge in [0, 0.05) is 24.5 Å². The second-order valence-electron chi connectivity index (χ2n) is 6.46. The molecule has 110 valence electrons. The molecular formula is C16H31N3. The number of nitrogens with one attached hydrogen (secondary N) is 1. The third-order valence-electron chi connectivity index (χ3n) is 3.62. The molecule has 1 N–H and O–H groups in total. The zero-order valence-electron chi connectivity index (χ0n) is 13.4. The molecule has 0 saturated carbocycles. The maximum Gasteiger partial charge on any atom is 0.0492 e. The fourth-order valence-electron chi connectivity index (χ4n) is 2.44. The summed E-state index contributed by atoms with van der Waals surface area (Å²) in [7, 11) is 0. The van der Waals surface area contributed by atoms with Crippen LogP contribution in [0.3, 0.4) is 0 Å². The van der Waals surface area contributed by atoms with Crippen molar-refractivity contribution in [2.24, 2.45) is 5.41 Å². The third-order valence-corrected chi connectivity index (χ3v) is 3.62. The molecule has 0 aromatic carbocycles. The lowest BCUT2D eigenvalue weighted by molar-refractivity contribution is 0.254. The maximum absolute atomic E-state index is 4.40. The molecule has 1 aromatic rings. The van der Waals surface area contributed by atoms with Gasteiger partial charge in [-0.15, -0.1) is 0 Å². The Labute approximate surface area is 118 Å². The van der Waals surface area contributed by atoms with Gasteiger partial charge in [0.05, 0.1) is 0 Å². The SMILES string of the molecule is CCCNC(CCc1ccnn1CCC)C(C)(C)C. The molecule has 1 rings (SSSR count). The number of hydrogen-bond donors (Lipinski definition) is 1. The van der Waals surface area contributed by atoms with Gasteiger partial charge in [0.25, 0.3) is 0 Å². The summed E-state index contributed by atoms with van der Waals surface area (Å²) in [6.07, 6.45) is 6.56. The van der Waals surface area contributed by atoms with Crippen LogP contribution in [0.5, 0.6) is 0 Å². The molecule has 1 aromatic heterocycles. The van der Waals surface area contributed by atoms with Gasteiger partial charge in [0.15, 0.2) is 0 Å². The van der Waals surface area contributed by atoms with Crippen molar-refractivity contribution in [2.45, 2.75) is 72.9 Å². The second-order valence-corrected chi connectivity index (χ2v) is 6.46. The van der Waals surface area contributed by atoms with Crippen LogP contribution in [-0.2, 0) is 13.0 Å². The molecule has 0 aliphatic rings. The summed E-state index contributed by atoms with van der Waals surface area (Å²) in [6, 6.07) is 2.73. The molecular weight excluding hydrogens is 234 g/mol. The van der Waals surface area contributed by atoms with E-state index < -0.39 is 0 Å². The average molecular weight is 265 g/mol. The first-order valence-electron chi connectivity index (χ1n) is 7.73. The summed E-state index contributed by atoms with van der Waals surface area (Å²) < 4.78 is 2.15. The Bertz CT molecular complexity index is 349. The topological polar surface area (TPSA) is 29.9 Å². The van der Waals surface area contributed by atoms with E-state index in [1.807, 2.05) is 6.20 Å². The van der Waals surface area contributed by atoms with Crippen LogP contribution in [0.1, 0.15) is 59.6 Å². The van der Waals surface area contributed by atoms with E-state index in [-0.39, 0.29) is 0 Å². The van der Waals surface area contributed by atoms with Crippen molar-refractivity contribution in [3.05, 3.63) is 18.0 Å². The molecule has 0 aliphatic carbocycles. The molecule has 0 saturated heterocycles. The van der Waals surface area contributed by atoms with Crippen LogP contribution >= 0.6 is 0 Å². The van der Waals surface area contributed by atoms with Gasteiger partial charge in [-0.3, -0.25) is 4.68 Å². The molecule has 0 spiro atoms. The van der Waals surface area contributed by atoms with Crippen LogP contribution in [0.25, 0.3) is 0 Å². The van der Waals surface area contributed by atoms with Crippen LogP contribution in [0.4, 0.5) is 0 Å². The van der Waals surface area contributed by atoms with Crippen molar-refractivity contribution in [3.8, 4) is 0 Å². The lowest BCUT2D eigenvalue weighted by Crippen LogP contribution is -2.41. The molecule has 3 nitrogen and oxygen atoms in total. The predicted octanol–water partition coefficient (Wildman–Crippen LogP) is 3.64. The molecule has 3 heteroatoms. The highest BCUT2D eigenvalue weighted by molar-refractivity contribution is 5.01. The van der Waals surface area contributed by atoms with Gasteiger partial charge in [0.1, 0.15) is 0 Å². The van der Waals surface area contributed by atoms with Crippen molar-refractivity contribution in [3.63, 3.8) is 0 Å². The predicted molar refractivity (Wildman–Crippen MR) is 82.4 cm³/mol. The lowest BCUT2D eigenvalue weighted by Gasteiger charge is -2.32. The van der Waals surface area contributed by atoms with Gasteiger partial charge >= 0.3 is 0 Å². The zero-order valence-corrected chi connectivity index (χ0v) is 13.4. The van der Waals surface area contributed by atoms with Gasteiger partial charge in [0.2, 0.25) is 0 Å². The Kier molecular flexibility index (Phi) is 6.56. The van der Waals surface area contributed by atoms with Crippen LogP contribution in [-0.4, -0.2) is 22.4 Å². The maximum atomic E-state index is 4.40. The van der Waals surface area contributed by atoms with Gasteiger partial charge in [-0.05, 0) is 43.7 Å². The van der Waals surface area contributed by atoms with E-state index in [2.05, 4.69) is 55.8 Å². The highest BCUT2D eigenvalue weighted by Gasteiger charge is 2.23. The Morgan fingerprint density at radius 2 is 2.00 bits per heavy atom. The average Bonchev–Trinajstić information content (AvgIpc) is 2.75. The highest BCUT2D eigenvalue weighted by atomic mass is 15.3. The lowest BCUT2D eigenvalue weighted by atomic mass is 9.83. The van der Waals surface area contributed by atoms with Gasteiger partial charge in [-0.25, -0.2) is 0 Å². The number of rotatable bonds is 8. The molecule has 1 heterocycles. The van der Waals surface area contributed by atoms with Crippen LogP contribution in [0, 0.1) is 5.41 Å². The van der Waals surface area contributed by atoms with Crippen molar-refractivity contribution in [1.82, 2.24) is 15.1 Å². The molecule has 1 atom stereocenters. The molecule has 19 heavy (non-hydrogen) atoms. The quantitative estimate of drug-likeness (QED) is 0.777. The van der Waals surface area contributed by atoms with E-state index in [1.165, 1.54) is 18.5 Å². The molecule has 0 fully saturated rings. The molecule has 0 amide bonds. The molecule has 0 bridgehead atoms. The first kappa shape index (κ1) is 16.2. The van der Waals surface area contributed by atoms with E-state index in [4.69, 9.17) is 0 Å². The van der Waals surface area contributed by atoms with Crippen molar-refractivity contribution >= 4 is 0 Å². The standard InChI is InChI=1S/C16H31N3/c1-6-11-17-15(16(3,4)5)9-8-14-10-12-18-19(14)13-7-2/h10,12,15,17H,6-9,11,13H2,1-5H3. The van der Waals surface area contributed by atoms with E-state index in [0.717, 1.165) is 25.9 Å². The first-order chi connectivity index (χ1) is 8.99. The Hall–Kier alpha value is -0.830. The van der Waals surface area contributed by atoms with Gasteiger partial charge in [-0.1, -0.05) is 34.6 Å². The van der Waals surface area contributed by atoms with Crippen molar-refractivity contribution in [1.29, 1.82) is 0 Å². The number of hydrogen-bond acceptors (Lipinski definition) is 2. The van der Waals surface area contributed by atoms with E-state index in [9.17, 15) is 0 Å². The zero-order chi connectivity index (χ0) is 14.3. The summed E-state index contributed by atoms with van der Waals surface area (Å²) >= 11 is 0. The van der Waals surface area contributed by atoms with Crippen LogP contribution < -0.4 is 5.32 Å². The normalized spacial score (nSPS) is 13.7. The monoisotopic (exact) mass is 265 g/mol. The highest BCUT2D eigenvalue weighted by Crippen LogP contribution is 2.23. The minimum absolute atomic E-state index is 0.310. The third kappa shape index (κ3) is 5.35. The summed E-state index contributed by atoms with van der Waals surface area (Å²) in [5.74, 6) is 0. The largest absolute Gasteiger partial charge is 0.313 e.